The fraction of sp³-hybridized carbons (Fsp3) is 0.0667. The van der Waals surface area contributed by atoms with E-state index in [1.54, 1.807) is 6.20 Å². The molecule has 0 fully saturated rings. The van der Waals surface area contributed by atoms with Crippen LogP contribution in [0.25, 0.3) is 33.1 Å². The molecular formula is C30H22N4O. The number of nitrogens with zero attached hydrogens (tertiary/aromatic N) is 4. The fourth-order valence-corrected chi connectivity index (χ4v) is 4.20. The Morgan fingerprint density at radius 2 is 1.49 bits per heavy atom. The summed E-state index contributed by atoms with van der Waals surface area (Å²) in [6.07, 6.45) is 2.44. The minimum Gasteiger partial charge on any atom is -0.439 e. The van der Waals surface area contributed by atoms with Crippen LogP contribution in [0, 0.1) is 6.92 Å². The molecule has 3 aromatic carbocycles. The molecule has 0 N–H and O–H groups in total. The van der Waals surface area contributed by atoms with Crippen LogP contribution in [0.2, 0.25) is 0 Å². The molecule has 5 heteroatoms. The predicted octanol–water partition coefficient (Wildman–Crippen LogP) is 6.93. The molecule has 0 unspecified atom stereocenters. The number of pyridine rings is 2. The summed E-state index contributed by atoms with van der Waals surface area (Å²) in [5.74, 6) is 1.27. The van der Waals surface area contributed by atoms with Gasteiger partial charge in [0.05, 0.1) is 16.7 Å². The van der Waals surface area contributed by atoms with E-state index in [1.807, 2.05) is 36.4 Å². The van der Waals surface area contributed by atoms with Crippen molar-refractivity contribution in [3.8, 4) is 22.9 Å². The third-order valence-corrected chi connectivity index (χ3v) is 6.04. The van der Waals surface area contributed by atoms with Crippen LogP contribution in [0.1, 0.15) is 16.8 Å². The quantitative estimate of drug-likeness (QED) is 0.283. The molecule has 0 amide bonds. The minimum absolute atomic E-state index is 0.543. The number of aryl methyl sites for hydroxylation is 1. The number of benzene rings is 3. The maximum absolute atomic E-state index is 5.97. The Morgan fingerprint density at radius 1 is 0.686 bits per heavy atom. The zero-order valence-corrected chi connectivity index (χ0v) is 19.2. The van der Waals surface area contributed by atoms with Crippen molar-refractivity contribution in [2.45, 2.75) is 13.3 Å². The highest BCUT2D eigenvalue weighted by Gasteiger charge is 2.12. The van der Waals surface area contributed by atoms with E-state index in [9.17, 15) is 0 Å². The average Bonchev–Trinajstić information content (AvgIpc) is 2.90. The van der Waals surface area contributed by atoms with Gasteiger partial charge >= 0.3 is 0 Å². The van der Waals surface area contributed by atoms with Crippen molar-refractivity contribution in [1.82, 2.24) is 20.2 Å². The molecule has 0 aliphatic heterocycles. The highest BCUT2D eigenvalue weighted by atomic mass is 16.5. The Kier molecular flexibility index (Phi) is 5.35. The summed E-state index contributed by atoms with van der Waals surface area (Å²) >= 11 is 0. The topological polar surface area (TPSA) is 60.8 Å². The van der Waals surface area contributed by atoms with Crippen LogP contribution < -0.4 is 4.74 Å². The number of hydrogen-bond donors (Lipinski definition) is 0. The predicted molar refractivity (Wildman–Crippen MR) is 139 cm³/mol. The molecule has 0 spiro atoms. The van der Waals surface area contributed by atoms with Gasteiger partial charge in [0.15, 0.2) is 0 Å². The van der Waals surface area contributed by atoms with Crippen molar-refractivity contribution in [3.05, 3.63) is 120 Å². The summed E-state index contributed by atoms with van der Waals surface area (Å²) < 4.78 is 5.97. The van der Waals surface area contributed by atoms with Gasteiger partial charge in [-0.15, -0.1) is 5.10 Å². The molecule has 6 aromatic rings. The third kappa shape index (κ3) is 4.32. The molecule has 35 heavy (non-hydrogen) atoms. The highest BCUT2D eigenvalue weighted by molar-refractivity contribution is 5.95. The molecular weight excluding hydrogens is 432 g/mol. The van der Waals surface area contributed by atoms with Crippen molar-refractivity contribution in [2.24, 2.45) is 0 Å². The van der Waals surface area contributed by atoms with Gasteiger partial charge in [-0.25, -0.2) is 4.98 Å². The molecule has 3 heterocycles. The van der Waals surface area contributed by atoms with Crippen molar-refractivity contribution < 1.29 is 4.74 Å². The lowest BCUT2D eigenvalue weighted by Crippen LogP contribution is -1.99. The molecule has 0 aliphatic rings. The summed E-state index contributed by atoms with van der Waals surface area (Å²) in [5.41, 5.74) is 6.95. The average molecular weight is 455 g/mol. The van der Waals surface area contributed by atoms with Crippen LogP contribution in [0.4, 0.5) is 0 Å². The van der Waals surface area contributed by atoms with Crippen LogP contribution in [-0.2, 0) is 6.42 Å². The SMILES string of the molecule is Cc1ccc(-c2nnc(Cc3ccc(Oc4ccc5ncccc5n4)cc3)c3ccccc23)cc1. The summed E-state index contributed by atoms with van der Waals surface area (Å²) in [6, 6.07) is 32.3. The number of ether oxygens (including phenoxy) is 1. The first kappa shape index (κ1) is 20.9. The van der Waals surface area contributed by atoms with Gasteiger partial charge in [-0.2, -0.15) is 5.10 Å². The molecule has 3 aromatic heterocycles. The molecule has 0 radical (unpaired) electrons. The van der Waals surface area contributed by atoms with Crippen molar-refractivity contribution in [3.63, 3.8) is 0 Å². The lowest BCUT2D eigenvalue weighted by Gasteiger charge is -2.10. The lowest BCUT2D eigenvalue weighted by molar-refractivity contribution is 0.465. The number of rotatable bonds is 5. The van der Waals surface area contributed by atoms with Crippen LogP contribution in [0.15, 0.2) is 103 Å². The van der Waals surface area contributed by atoms with Gasteiger partial charge in [-0.1, -0.05) is 66.2 Å². The van der Waals surface area contributed by atoms with Gasteiger partial charge in [0.1, 0.15) is 11.4 Å². The Morgan fingerprint density at radius 3 is 2.31 bits per heavy atom. The van der Waals surface area contributed by atoms with Crippen LogP contribution in [0.3, 0.4) is 0 Å². The van der Waals surface area contributed by atoms with E-state index in [4.69, 9.17) is 4.74 Å². The third-order valence-electron chi connectivity index (χ3n) is 6.04. The smallest absolute Gasteiger partial charge is 0.219 e. The molecule has 0 saturated carbocycles. The second-order valence-corrected chi connectivity index (χ2v) is 8.52. The maximum Gasteiger partial charge on any atom is 0.219 e. The van der Waals surface area contributed by atoms with Crippen molar-refractivity contribution in [2.75, 3.05) is 0 Å². The van der Waals surface area contributed by atoms with E-state index < -0.39 is 0 Å². The van der Waals surface area contributed by atoms with Gasteiger partial charge in [0.2, 0.25) is 5.88 Å². The number of aromatic nitrogens is 4. The van der Waals surface area contributed by atoms with E-state index >= 15 is 0 Å². The zero-order valence-electron chi connectivity index (χ0n) is 19.2. The second kappa shape index (κ2) is 8.95. The van der Waals surface area contributed by atoms with Gasteiger partial charge in [-0.3, -0.25) is 4.98 Å². The monoisotopic (exact) mass is 454 g/mol. The van der Waals surface area contributed by atoms with Crippen molar-refractivity contribution in [1.29, 1.82) is 0 Å². The van der Waals surface area contributed by atoms with Gasteiger partial charge < -0.3 is 4.74 Å². The van der Waals surface area contributed by atoms with Gasteiger partial charge in [-0.05, 0) is 42.8 Å². The van der Waals surface area contributed by atoms with E-state index in [1.165, 1.54) is 5.56 Å². The summed E-state index contributed by atoms with van der Waals surface area (Å²) in [5, 5.41) is 11.5. The molecule has 168 valence electrons. The van der Waals surface area contributed by atoms with E-state index in [0.717, 1.165) is 50.1 Å². The first-order chi connectivity index (χ1) is 17.2. The van der Waals surface area contributed by atoms with Gasteiger partial charge in [0.25, 0.3) is 0 Å². The fourth-order valence-electron chi connectivity index (χ4n) is 4.20. The molecule has 0 bridgehead atoms. The molecule has 5 nitrogen and oxygen atoms in total. The van der Waals surface area contributed by atoms with E-state index in [-0.39, 0.29) is 0 Å². The second-order valence-electron chi connectivity index (χ2n) is 8.52. The lowest BCUT2D eigenvalue weighted by atomic mass is 10.00. The van der Waals surface area contributed by atoms with Crippen LogP contribution in [0.5, 0.6) is 11.6 Å². The Labute approximate surface area is 203 Å². The number of fused-ring (bicyclic) bond motifs is 2. The molecule has 0 atom stereocenters. The normalized spacial score (nSPS) is 11.1. The molecule has 6 rings (SSSR count). The van der Waals surface area contributed by atoms with E-state index in [2.05, 4.69) is 87.8 Å². The largest absolute Gasteiger partial charge is 0.439 e. The first-order valence-corrected chi connectivity index (χ1v) is 11.5. The van der Waals surface area contributed by atoms with Crippen LogP contribution in [-0.4, -0.2) is 20.2 Å². The Hall–Kier alpha value is -4.64. The van der Waals surface area contributed by atoms with Crippen LogP contribution >= 0.6 is 0 Å². The zero-order chi connectivity index (χ0) is 23.6. The molecule has 0 saturated heterocycles. The summed E-state index contributed by atoms with van der Waals surface area (Å²) in [6.45, 7) is 2.09. The highest BCUT2D eigenvalue weighted by Crippen LogP contribution is 2.29. The standard InChI is InChI=1S/C30H22N4O/c1-20-8-12-22(13-9-20)30-25-6-3-2-5-24(25)28(33-34-30)19-21-10-14-23(15-11-21)35-29-17-16-26-27(32-29)7-4-18-31-26/h2-18H,19H2,1H3. The van der Waals surface area contributed by atoms with Crippen molar-refractivity contribution >= 4 is 21.8 Å². The maximum atomic E-state index is 5.97. The number of hydrogen-bond acceptors (Lipinski definition) is 5. The molecule has 0 aliphatic carbocycles. The first-order valence-electron chi connectivity index (χ1n) is 11.5. The Balaban J connectivity index is 1.25. The summed E-state index contributed by atoms with van der Waals surface area (Å²) in [7, 11) is 0. The Bertz CT molecular complexity index is 1640. The van der Waals surface area contributed by atoms with E-state index in [0.29, 0.717) is 12.3 Å². The van der Waals surface area contributed by atoms with Gasteiger partial charge in [0, 0.05) is 35.0 Å². The summed E-state index contributed by atoms with van der Waals surface area (Å²) in [4.78, 5) is 8.83. The minimum atomic E-state index is 0.543.